The smallest absolute Gasteiger partial charge is 0.231 e. The summed E-state index contributed by atoms with van der Waals surface area (Å²) in [4.78, 5) is 0. The predicted octanol–water partition coefficient (Wildman–Crippen LogP) is 8.06. The predicted molar refractivity (Wildman–Crippen MR) is 154 cm³/mol. The number of hydrogen-bond donors (Lipinski definition) is 0. The molecule has 0 fully saturated rings. The van der Waals surface area contributed by atoms with Crippen LogP contribution in [0.15, 0.2) is 54.6 Å². The molecular weight excluding hydrogens is 504 g/mol. The zero-order valence-electron chi connectivity index (χ0n) is 22.2. The second-order valence-corrected chi connectivity index (χ2v) is 11.4. The third-order valence-electron chi connectivity index (χ3n) is 6.41. The molecule has 0 radical (unpaired) electrons. The molecule has 5 nitrogen and oxygen atoms in total. The second-order valence-electron chi connectivity index (χ2n) is 8.84. The highest BCUT2D eigenvalue weighted by Crippen LogP contribution is 2.50. The van der Waals surface area contributed by atoms with E-state index < -0.39 is 0 Å². The Kier molecular flexibility index (Phi) is 9.81. The highest BCUT2D eigenvalue weighted by molar-refractivity contribution is 7.99. The topological polar surface area (TPSA) is 46.2 Å². The molecule has 198 valence electrons. The Morgan fingerprint density at radius 3 is 2.08 bits per heavy atom. The van der Waals surface area contributed by atoms with Gasteiger partial charge in [-0.25, -0.2) is 0 Å². The maximum atomic E-state index is 5.84. The molecule has 2 atom stereocenters. The molecule has 0 N–H and O–H groups in total. The molecule has 0 bridgehead atoms. The SMILES string of the molecule is CCCCSC(C)c1cc2c(cc1C(SCc1ccccc1)c1cc(OC)c(OC)c(OC)c1)OCO2. The van der Waals surface area contributed by atoms with Crippen LogP contribution in [0.5, 0.6) is 28.7 Å². The number of rotatable bonds is 13. The van der Waals surface area contributed by atoms with E-state index >= 15 is 0 Å². The van der Waals surface area contributed by atoms with Gasteiger partial charge in [-0.1, -0.05) is 43.7 Å². The minimum Gasteiger partial charge on any atom is -0.493 e. The van der Waals surface area contributed by atoms with Crippen LogP contribution in [-0.4, -0.2) is 33.9 Å². The van der Waals surface area contributed by atoms with E-state index in [0.29, 0.717) is 22.5 Å². The van der Waals surface area contributed by atoms with E-state index in [0.717, 1.165) is 28.6 Å². The first-order valence-corrected chi connectivity index (χ1v) is 14.7. The Hall–Kier alpha value is -2.64. The number of benzene rings is 3. The Morgan fingerprint density at radius 2 is 1.49 bits per heavy atom. The standard InChI is InChI=1S/C30H36O5S2/c1-6-7-13-36-20(2)23-16-25-26(35-19-34-25)17-24(23)30(37-18-21-11-9-8-10-12-21)22-14-27(31-3)29(33-5)28(15-22)32-4/h8-12,14-17,20,30H,6-7,13,18-19H2,1-5H3. The van der Waals surface area contributed by atoms with E-state index in [1.807, 2.05) is 23.5 Å². The maximum Gasteiger partial charge on any atom is 0.231 e. The van der Waals surface area contributed by atoms with Gasteiger partial charge in [-0.2, -0.15) is 11.8 Å². The van der Waals surface area contributed by atoms with Crippen LogP contribution in [0.25, 0.3) is 0 Å². The van der Waals surface area contributed by atoms with Gasteiger partial charge in [0.25, 0.3) is 0 Å². The molecule has 1 aliphatic heterocycles. The normalized spacial score (nSPS) is 13.8. The molecule has 0 amide bonds. The van der Waals surface area contributed by atoms with E-state index in [2.05, 4.69) is 68.4 Å². The first-order chi connectivity index (χ1) is 18.1. The Bertz CT molecular complexity index is 1140. The quantitative estimate of drug-likeness (QED) is 0.203. The fraction of sp³-hybridized carbons (Fsp3) is 0.400. The lowest BCUT2D eigenvalue weighted by Crippen LogP contribution is -2.06. The Balaban J connectivity index is 1.83. The molecule has 3 aromatic rings. The van der Waals surface area contributed by atoms with Gasteiger partial charge in [0.05, 0.1) is 26.6 Å². The second kappa shape index (κ2) is 13.2. The van der Waals surface area contributed by atoms with Crippen molar-refractivity contribution in [2.75, 3.05) is 33.9 Å². The van der Waals surface area contributed by atoms with E-state index in [1.54, 1.807) is 21.3 Å². The largest absolute Gasteiger partial charge is 0.493 e. The van der Waals surface area contributed by atoms with Crippen LogP contribution in [0.4, 0.5) is 0 Å². The number of thioether (sulfide) groups is 2. The van der Waals surface area contributed by atoms with Crippen LogP contribution < -0.4 is 23.7 Å². The number of hydrogen-bond acceptors (Lipinski definition) is 7. The minimum atomic E-state index is 0.00707. The van der Waals surface area contributed by atoms with Crippen LogP contribution in [0.2, 0.25) is 0 Å². The first-order valence-electron chi connectivity index (χ1n) is 12.6. The molecule has 7 heteroatoms. The highest BCUT2D eigenvalue weighted by atomic mass is 32.2. The fourth-order valence-electron chi connectivity index (χ4n) is 4.42. The molecule has 3 aromatic carbocycles. The summed E-state index contributed by atoms with van der Waals surface area (Å²) in [6.45, 7) is 4.77. The molecule has 0 aromatic heterocycles. The van der Waals surface area contributed by atoms with Crippen molar-refractivity contribution in [2.24, 2.45) is 0 Å². The van der Waals surface area contributed by atoms with Crippen molar-refractivity contribution in [3.63, 3.8) is 0 Å². The zero-order valence-corrected chi connectivity index (χ0v) is 23.9. The average molecular weight is 541 g/mol. The number of ether oxygens (including phenoxy) is 5. The summed E-state index contributed by atoms with van der Waals surface area (Å²) < 4.78 is 28.7. The summed E-state index contributed by atoms with van der Waals surface area (Å²) in [7, 11) is 4.95. The zero-order chi connectivity index (χ0) is 26.2. The lowest BCUT2D eigenvalue weighted by atomic mass is 9.96. The van der Waals surface area contributed by atoms with Crippen molar-refractivity contribution >= 4 is 23.5 Å². The molecule has 0 spiro atoms. The summed E-state index contributed by atoms with van der Waals surface area (Å²) in [5.41, 5.74) is 4.85. The summed E-state index contributed by atoms with van der Waals surface area (Å²) in [6, 6.07) is 19.0. The Morgan fingerprint density at radius 1 is 0.838 bits per heavy atom. The van der Waals surface area contributed by atoms with E-state index in [-0.39, 0.29) is 12.0 Å². The van der Waals surface area contributed by atoms with Gasteiger partial charge >= 0.3 is 0 Å². The van der Waals surface area contributed by atoms with Crippen molar-refractivity contribution in [3.8, 4) is 28.7 Å². The lowest BCUT2D eigenvalue weighted by molar-refractivity contribution is 0.174. The molecule has 4 rings (SSSR count). The van der Waals surface area contributed by atoms with Gasteiger partial charge in [-0.15, -0.1) is 11.8 Å². The first kappa shape index (κ1) is 27.4. The van der Waals surface area contributed by atoms with E-state index in [4.69, 9.17) is 23.7 Å². The maximum absolute atomic E-state index is 5.84. The summed E-state index contributed by atoms with van der Waals surface area (Å²) >= 11 is 3.87. The minimum absolute atomic E-state index is 0.00707. The summed E-state index contributed by atoms with van der Waals surface area (Å²) in [6.07, 6.45) is 2.39. The van der Waals surface area contributed by atoms with Crippen LogP contribution in [-0.2, 0) is 5.75 Å². The van der Waals surface area contributed by atoms with Gasteiger partial charge in [0, 0.05) is 11.0 Å². The summed E-state index contributed by atoms with van der Waals surface area (Å²) in [5, 5.41) is 0.311. The van der Waals surface area contributed by atoms with Gasteiger partial charge in [0.2, 0.25) is 12.5 Å². The number of unbranched alkanes of at least 4 members (excludes halogenated alkanes) is 1. The molecule has 2 unspecified atom stereocenters. The van der Waals surface area contributed by atoms with Gasteiger partial charge < -0.3 is 23.7 Å². The molecule has 0 saturated carbocycles. The van der Waals surface area contributed by atoms with Crippen molar-refractivity contribution in [1.29, 1.82) is 0 Å². The van der Waals surface area contributed by atoms with Crippen LogP contribution in [0.3, 0.4) is 0 Å². The van der Waals surface area contributed by atoms with E-state index in [1.165, 1.54) is 29.5 Å². The third kappa shape index (κ3) is 6.44. The molecule has 1 heterocycles. The van der Waals surface area contributed by atoms with Gasteiger partial charge in [0.1, 0.15) is 0 Å². The molecule has 37 heavy (non-hydrogen) atoms. The molecular formula is C30H36O5S2. The fourth-order valence-corrected chi connectivity index (χ4v) is 6.88. The van der Waals surface area contributed by atoms with Crippen molar-refractivity contribution in [3.05, 3.63) is 76.9 Å². The highest BCUT2D eigenvalue weighted by Gasteiger charge is 2.28. The Labute approximate surface area is 229 Å². The van der Waals surface area contributed by atoms with Crippen LogP contribution >= 0.6 is 23.5 Å². The van der Waals surface area contributed by atoms with E-state index in [9.17, 15) is 0 Å². The van der Waals surface area contributed by atoms with Gasteiger partial charge in [-0.05, 0) is 65.6 Å². The number of methoxy groups -OCH3 is 3. The van der Waals surface area contributed by atoms with Crippen molar-refractivity contribution in [1.82, 2.24) is 0 Å². The van der Waals surface area contributed by atoms with Crippen molar-refractivity contribution in [2.45, 2.75) is 42.9 Å². The molecule has 0 saturated heterocycles. The molecule has 1 aliphatic rings. The van der Waals surface area contributed by atoms with Crippen molar-refractivity contribution < 1.29 is 23.7 Å². The number of fused-ring (bicyclic) bond motifs is 1. The van der Waals surface area contributed by atoms with Gasteiger partial charge in [0.15, 0.2) is 23.0 Å². The van der Waals surface area contributed by atoms with Crippen LogP contribution in [0.1, 0.15) is 59.4 Å². The lowest BCUT2D eigenvalue weighted by Gasteiger charge is -2.25. The monoisotopic (exact) mass is 540 g/mol. The van der Waals surface area contributed by atoms with Gasteiger partial charge in [-0.3, -0.25) is 0 Å². The van der Waals surface area contributed by atoms with Crippen LogP contribution in [0, 0.1) is 0 Å². The third-order valence-corrected chi connectivity index (χ3v) is 9.05. The summed E-state index contributed by atoms with van der Waals surface area (Å²) in [5.74, 6) is 5.48. The molecule has 0 aliphatic carbocycles. The average Bonchev–Trinajstić information content (AvgIpc) is 3.40.